The van der Waals surface area contributed by atoms with E-state index in [1.165, 1.54) is 6.07 Å². The van der Waals surface area contributed by atoms with Gasteiger partial charge in [0.2, 0.25) is 0 Å². The molecule has 0 saturated heterocycles. The molecule has 17 heavy (non-hydrogen) atoms. The Kier molecular flexibility index (Phi) is 3.69. The third-order valence-corrected chi connectivity index (χ3v) is 4.49. The Balaban J connectivity index is 2.64. The van der Waals surface area contributed by atoms with E-state index >= 15 is 0 Å². The highest BCUT2D eigenvalue weighted by Gasteiger charge is 2.19. The second-order valence-electron chi connectivity index (χ2n) is 3.47. The first-order valence-electron chi connectivity index (χ1n) is 5.16. The first-order valence-corrected chi connectivity index (χ1v) is 7.13. The lowest BCUT2D eigenvalue weighted by molar-refractivity contribution is 0.0701. The number of aromatic carboxylic acids is 1. The molecule has 0 amide bonds. The lowest BCUT2D eigenvalue weighted by atomic mass is 10.1. The van der Waals surface area contributed by atoms with Gasteiger partial charge in [0.1, 0.15) is 10.7 Å². The summed E-state index contributed by atoms with van der Waals surface area (Å²) in [6, 6.07) is 4.74. The van der Waals surface area contributed by atoms with Crippen LogP contribution in [0.3, 0.4) is 0 Å². The van der Waals surface area contributed by atoms with Gasteiger partial charge < -0.3 is 5.11 Å². The fourth-order valence-electron chi connectivity index (χ4n) is 1.68. The van der Waals surface area contributed by atoms with Crippen LogP contribution in [0.4, 0.5) is 4.39 Å². The van der Waals surface area contributed by atoms with Gasteiger partial charge in [0.05, 0.1) is 0 Å². The van der Waals surface area contributed by atoms with Gasteiger partial charge in [-0.3, -0.25) is 0 Å². The Morgan fingerprint density at radius 3 is 2.94 bits per heavy atom. The van der Waals surface area contributed by atoms with Crippen molar-refractivity contribution in [2.24, 2.45) is 0 Å². The predicted molar refractivity (Wildman–Crippen MR) is 70.6 cm³/mol. The fraction of sp³-hybridized carbons (Fsp3) is 0.250. The molecule has 5 heteroatoms. The van der Waals surface area contributed by atoms with Crippen LogP contribution in [0.1, 0.15) is 22.2 Å². The van der Waals surface area contributed by atoms with Gasteiger partial charge in [-0.05, 0) is 23.4 Å². The van der Waals surface area contributed by atoms with Gasteiger partial charge in [-0.1, -0.05) is 13.0 Å². The monoisotopic (exact) mass is 270 g/mol. The first kappa shape index (κ1) is 12.4. The summed E-state index contributed by atoms with van der Waals surface area (Å²) in [5.74, 6) is 0.111. The molecule has 0 aliphatic carbocycles. The number of rotatable bonds is 4. The van der Waals surface area contributed by atoms with Crippen LogP contribution in [-0.2, 0) is 5.75 Å². The highest BCUT2D eigenvalue weighted by Crippen LogP contribution is 2.35. The van der Waals surface area contributed by atoms with Crippen LogP contribution in [-0.4, -0.2) is 16.8 Å². The maximum absolute atomic E-state index is 13.8. The molecule has 1 heterocycles. The molecular formula is C12H11FO2S2. The molecule has 0 unspecified atom stereocenters. The van der Waals surface area contributed by atoms with Crippen LogP contribution >= 0.6 is 23.1 Å². The van der Waals surface area contributed by atoms with Gasteiger partial charge in [-0.25, -0.2) is 9.18 Å². The largest absolute Gasteiger partial charge is 0.477 e. The molecule has 0 bridgehead atoms. The highest BCUT2D eigenvalue weighted by atomic mass is 32.2. The van der Waals surface area contributed by atoms with E-state index < -0.39 is 5.97 Å². The van der Waals surface area contributed by atoms with Crippen LogP contribution in [0, 0.1) is 5.82 Å². The summed E-state index contributed by atoms with van der Waals surface area (Å²) in [6.07, 6.45) is 0. The molecule has 2 aromatic rings. The minimum Gasteiger partial charge on any atom is -0.477 e. The van der Waals surface area contributed by atoms with Gasteiger partial charge in [-0.2, -0.15) is 11.8 Å². The van der Waals surface area contributed by atoms with Crippen molar-refractivity contribution in [1.29, 1.82) is 0 Å². The number of thioether (sulfide) groups is 1. The zero-order valence-corrected chi connectivity index (χ0v) is 10.8. The van der Waals surface area contributed by atoms with Crippen molar-refractivity contribution in [3.63, 3.8) is 0 Å². The van der Waals surface area contributed by atoms with Crippen molar-refractivity contribution < 1.29 is 14.3 Å². The lowest BCUT2D eigenvalue weighted by Gasteiger charge is -2.01. The summed E-state index contributed by atoms with van der Waals surface area (Å²) in [7, 11) is 0. The van der Waals surface area contributed by atoms with Crippen molar-refractivity contribution in [2.45, 2.75) is 12.7 Å². The lowest BCUT2D eigenvalue weighted by Crippen LogP contribution is -1.97. The second kappa shape index (κ2) is 5.06. The van der Waals surface area contributed by atoms with E-state index in [0.717, 1.165) is 17.1 Å². The number of thiophene rings is 1. The molecule has 2 rings (SSSR count). The van der Waals surface area contributed by atoms with E-state index in [9.17, 15) is 9.18 Å². The molecule has 1 aromatic heterocycles. The Morgan fingerprint density at radius 1 is 1.53 bits per heavy atom. The van der Waals surface area contributed by atoms with Crippen molar-refractivity contribution in [2.75, 3.05) is 5.75 Å². The molecule has 1 aromatic carbocycles. The van der Waals surface area contributed by atoms with Crippen molar-refractivity contribution >= 4 is 39.2 Å². The van der Waals surface area contributed by atoms with E-state index in [4.69, 9.17) is 5.11 Å². The SMILES string of the molecule is CCSCc1c(C(=O)O)sc2cccc(F)c12. The van der Waals surface area contributed by atoms with Gasteiger partial charge >= 0.3 is 5.97 Å². The topological polar surface area (TPSA) is 37.3 Å². The van der Waals surface area contributed by atoms with Crippen LogP contribution in [0.25, 0.3) is 10.1 Å². The third kappa shape index (κ3) is 2.30. The molecule has 0 aliphatic heterocycles. The average molecular weight is 270 g/mol. The van der Waals surface area contributed by atoms with Crippen molar-refractivity contribution in [3.8, 4) is 0 Å². The van der Waals surface area contributed by atoms with Crippen LogP contribution < -0.4 is 0 Å². The van der Waals surface area contributed by atoms with Gasteiger partial charge in [0.15, 0.2) is 0 Å². The molecule has 0 spiro atoms. The minimum atomic E-state index is -0.975. The Labute approximate surface area is 106 Å². The van der Waals surface area contributed by atoms with Gasteiger partial charge in [0, 0.05) is 15.8 Å². The number of carboxylic acids is 1. The number of halogens is 1. The molecule has 0 radical (unpaired) electrons. The number of hydrogen-bond acceptors (Lipinski definition) is 3. The Morgan fingerprint density at radius 2 is 2.29 bits per heavy atom. The Hall–Kier alpha value is -1.07. The molecule has 0 atom stereocenters. The number of hydrogen-bond donors (Lipinski definition) is 1. The van der Waals surface area contributed by atoms with Crippen molar-refractivity contribution in [1.82, 2.24) is 0 Å². The Bertz CT molecular complexity index is 563. The molecular weight excluding hydrogens is 259 g/mol. The quantitative estimate of drug-likeness (QED) is 0.912. The summed E-state index contributed by atoms with van der Waals surface area (Å²) in [5.41, 5.74) is 0.613. The molecule has 2 nitrogen and oxygen atoms in total. The van der Waals surface area contributed by atoms with E-state index in [1.54, 1.807) is 23.9 Å². The van der Waals surface area contributed by atoms with Crippen molar-refractivity contribution in [3.05, 3.63) is 34.5 Å². The molecule has 0 aliphatic rings. The standard InChI is InChI=1S/C12H11FO2S2/c1-2-16-6-7-10-8(13)4-3-5-9(10)17-11(7)12(14)15/h3-5H,2,6H2,1H3,(H,14,15). The summed E-state index contributed by atoms with van der Waals surface area (Å²) >= 11 is 2.74. The van der Waals surface area contributed by atoms with Gasteiger partial charge in [0.25, 0.3) is 0 Å². The number of carbonyl (C=O) groups is 1. The van der Waals surface area contributed by atoms with Gasteiger partial charge in [-0.15, -0.1) is 11.3 Å². The zero-order chi connectivity index (χ0) is 12.4. The maximum atomic E-state index is 13.8. The molecule has 1 N–H and O–H groups in total. The normalized spacial score (nSPS) is 10.9. The fourth-order valence-corrected chi connectivity index (χ4v) is 3.54. The average Bonchev–Trinajstić information content (AvgIpc) is 2.66. The molecule has 90 valence electrons. The first-order chi connectivity index (χ1) is 8.15. The van der Waals surface area contributed by atoms with E-state index in [1.807, 2.05) is 6.92 Å². The van der Waals surface area contributed by atoms with E-state index in [0.29, 0.717) is 21.4 Å². The number of carboxylic acid groups (broad SMARTS) is 1. The predicted octanol–water partition coefficient (Wildman–Crippen LogP) is 3.99. The zero-order valence-electron chi connectivity index (χ0n) is 9.20. The highest BCUT2D eigenvalue weighted by molar-refractivity contribution is 7.98. The molecule has 0 fully saturated rings. The smallest absolute Gasteiger partial charge is 0.346 e. The van der Waals surface area contributed by atoms with Crippen LogP contribution in [0.2, 0.25) is 0 Å². The third-order valence-electron chi connectivity index (χ3n) is 2.41. The van der Waals surface area contributed by atoms with E-state index in [2.05, 4.69) is 0 Å². The minimum absolute atomic E-state index is 0.256. The summed E-state index contributed by atoms with van der Waals surface area (Å²) in [5, 5.41) is 9.60. The van der Waals surface area contributed by atoms with Crippen LogP contribution in [0.15, 0.2) is 18.2 Å². The number of benzene rings is 1. The molecule has 0 saturated carbocycles. The number of fused-ring (bicyclic) bond motifs is 1. The van der Waals surface area contributed by atoms with Crippen LogP contribution in [0.5, 0.6) is 0 Å². The second-order valence-corrected chi connectivity index (χ2v) is 5.79. The van der Waals surface area contributed by atoms with E-state index in [-0.39, 0.29) is 10.7 Å². The maximum Gasteiger partial charge on any atom is 0.346 e. The summed E-state index contributed by atoms with van der Waals surface area (Å²) < 4.78 is 14.5. The summed E-state index contributed by atoms with van der Waals surface area (Å²) in [6.45, 7) is 2.00. The summed E-state index contributed by atoms with van der Waals surface area (Å²) in [4.78, 5) is 11.4.